The van der Waals surface area contributed by atoms with Gasteiger partial charge in [-0.15, -0.1) is 0 Å². The van der Waals surface area contributed by atoms with Gasteiger partial charge in [0.2, 0.25) is 0 Å². The van der Waals surface area contributed by atoms with Gasteiger partial charge in [-0.05, 0) is 11.1 Å². The van der Waals surface area contributed by atoms with Crippen molar-refractivity contribution < 1.29 is 9.53 Å². The van der Waals surface area contributed by atoms with Gasteiger partial charge in [-0.2, -0.15) is 0 Å². The van der Waals surface area contributed by atoms with Crippen molar-refractivity contribution in [1.82, 2.24) is 0 Å². The Kier molecular flexibility index (Phi) is 3.29. The summed E-state index contributed by atoms with van der Waals surface area (Å²) >= 11 is 0. The van der Waals surface area contributed by atoms with Crippen LogP contribution >= 0.6 is 0 Å². The number of esters is 1. The van der Waals surface area contributed by atoms with E-state index in [1.807, 2.05) is 42.5 Å². The van der Waals surface area contributed by atoms with E-state index in [9.17, 15) is 4.79 Å². The van der Waals surface area contributed by atoms with E-state index >= 15 is 0 Å². The minimum atomic E-state index is -0.382. The molecule has 21 heavy (non-hydrogen) atoms. The maximum absolute atomic E-state index is 11.9. The van der Waals surface area contributed by atoms with Gasteiger partial charge in [-0.1, -0.05) is 61.2 Å². The van der Waals surface area contributed by atoms with Crippen LogP contribution in [-0.2, 0) is 9.53 Å². The predicted molar refractivity (Wildman–Crippen MR) is 79.9 cm³/mol. The molecule has 0 bridgehead atoms. The third-order valence-corrected chi connectivity index (χ3v) is 3.68. The third kappa shape index (κ3) is 2.32. The van der Waals surface area contributed by atoms with Gasteiger partial charge in [0, 0.05) is 5.57 Å². The van der Waals surface area contributed by atoms with Crippen LogP contribution in [0.1, 0.15) is 23.1 Å². The van der Waals surface area contributed by atoms with Crippen LogP contribution in [0.15, 0.2) is 66.7 Å². The summed E-state index contributed by atoms with van der Waals surface area (Å²) in [6.07, 6.45) is -0.382. The van der Waals surface area contributed by atoms with Crippen LogP contribution in [0.4, 0.5) is 5.69 Å². The molecular weight excluding hydrogens is 262 g/mol. The number of nitrogens with zero attached hydrogens (tertiary/aromatic N) is 1. The topological polar surface area (TPSA) is 30.7 Å². The fraction of sp³-hybridized carbons (Fsp3) is 0.111. The smallest absolute Gasteiger partial charge is 0.334 e. The first-order chi connectivity index (χ1) is 10.2. The molecule has 2 aromatic rings. The standard InChI is InChI=1S/C18H13NO2/c1-12-16(13-6-4-3-5-7-13)17(21-18(12)20)14-8-10-15(19-2)11-9-14/h3-11,16-17H,1H2/t16-,17+/m0/s1. The minimum absolute atomic E-state index is 0.183. The first kappa shape index (κ1) is 13.1. The van der Waals surface area contributed by atoms with Crippen molar-refractivity contribution in [3.8, 4) is 0 Å². The number of benzene rings is 2. The molecule has 0 saturated carbocycles. The molecule has 0 spiro atoms. The second-order valence-corrected chi connectivity index (χ2v) is 4.94. The highest BCUT2D eigenvalue weighted by atomic mass is 16.6. The summed E-state index contributed by atoms with van der Waals surface area (Å²) in [6.45, 7) is 10.9. The molecule has 0 aliphatic carbocycles. The van der Waals surface area contributed by atoms with Crippen LogP contribution < -0.4 is 0 Å². The van der Waals surface area contributed by atoms with E-state index in [1.165, 1.54) is 0 Å². The second kappa shape index (κ2) is 5.26. The lowest BCUT2D eigenvalue weighted by molar-refractivity contribution is -0.139. The SMILES string of the molecule is [C-]#[N+]c1ccc([C@H]2OC(=O)C(=C)[C@H]2c2ccccc2)cc1. The van der Waals surface area contributed by atoms with E-state index in [-0.39, 0.29) is 18.0 Å². The number of ether oxygens (including phenoxy) is 1. The molecule has 1 aliphatic heterocycles. The summed E-state index contributed by atoms with van der Waals surface area (Å²) < 4.78 is 5.48. The molecule has 1 aliphatic rings. The van der Waals surface area contributed by atoms with Gasteiger partial charge < -0.3 is 4.74 Å². The minimum Gasteiger partial charge on any atom is -0.453 e. The monoisotopic (exact) mass is 275 g/mol. The van der Waals surface area contributed by atoms with Gasteiger partial charge in [0.05, 0.1) is 12.5 Å². The molecular formula is C18H13NO2. The summed E-state index contributed by atoms with van der Waals surface area (Å²) in [7, 11) is 0. The molecule has 102 valence electrons. The van der Waals surface area contributed by atoms with E-state index in [1.54, 1.807) is 12.1 Å². The zero-order valence-corrected chi connectivity index (χ0v) is 11.3. The molecule has 0 unspecified atom stereocenters. The second-order valence-electron chi connectivity index (χ2n) is 4.94. The van der Waals surface area contributed by atoms with Crippen molar-refractivity contribution in [2.24, 2.45) is 0 Å². The molecule has 1 fully saturated rings. The summed E-state index contributed by atoms with van der Waals surface area (Å²) in [5.41, 5.74) is 2.93. The Morgan fingerprint density at radius 2 is 1.67 bits per heavy atom. The molecule has 2 atom stereocenters. The highest BCUT2D eigenvalue weighted by Crippen LogP contribution is 2.45. The lowest BCUT2D eigenvalue weighted by Crippen LogP contribution is -2.06. The van der Waals surface area contributed by atoms with Gasteiger partial charge in [0.15, 0.2) is 5.69 Å². The van der Waals surface area contributed by atoms with Crippen LogP contribution in [0.2, 0.25) is 0 Å². The van der Waals surface area contributed by atoms with Crippen LogP contribution in [0.25, 0.3) is 4.85 Å². The van der Waals surface area contributed by atoms with Crippen molar-refractivity contribution >= 4 is 11.7 Å². The van der Waals surface area contributed by atoms with Crippen LogP contribution in [0.3, 0.4) is 0 Å². The Hall–Kier alpha value is -2.86. The van der Waals surface area contributed by atoms with Crippen LogP contribution in [-0.4, -0.2) is 5.97 Å². The van der Waals surface area contributed by atoms with Gasteiger partial charge in [-0.3, -0.25) is 0 Å². The number of hydrogen-bond donors (Lipinski definition) is 0. The first-order valence-electron chi connectivity index (χ1n) is 6.63. The zero-order valence-electron chi connectivity index (χ0n) is 11.3. The van der Waals surface area contributed by atoms with Crippen molar-refractivity contribution in [3.05, 3.63) is 89.3 Å². The molecule has 0 N–H and O–H groups in total. The van der Waals surface area contributed by atoms with Gasteiger partial charge in [-0.25, -0.2) is 9.64 Å². The number of hydrogen-bond acceptors (Lipinski definition) is 2. The number of cyclic esters (lactones) is 1. The van der Waals surface area contributed by atoms with Crippen LogP contribution in [0, 0.1) is 6.57 Å². The first-order valence-corrected chi connectivity index (χ1v) is 6.63. The van der Waals surface area contributed by atoms with E-state index in [0.717, 1.165) is 11.1 Å². The van der Waals surface area contributed by atoms with E-state index in [4.69, 9.17) is 11.3 Å². The Bertz CT molecular complexity index is 726. The molecule has 3 nitrogen and oxygen atoms in total. The van der Waals surface area contributed by atoms with Gasteiger partial charge in [0.25, 0.3) is 0 Å². The largest absolute Gasteiger partial charge is 0.453 e. The average molecular weight is 275 g/mol. The number of rotatable bonds is 2. The van der Waals surface area contributed by atoms with Gasteiger partial charge >= 0.3 is 5.97 Å². The van der Waals surface area contributed by atoms with E-state index in [0.29, 0.717) is 11.3 Å². The molecule has 2 aromatic carbocycles. The molecule has 1 saturated heterocycles. The van der Waals surface area contributed by atoms with Crippen molar-refractivity contribution in [1.29, 1.82) is 0 Å². The van der Waals surface area contributed by atoms with Crippen molar-refractivity contribution in [2.75, 3.05) is 0 Å². The van der Waals surface area contributed by atoms with E-state index < -0.39 is 0 Å². The Labute approximate surface area is 123 Å². The number of carbonyl (C=O) groups is 1. The summed E-state index contributed by atoms with van der Waals surface area (Å²) in [5.74, 6) is -0.541. The zero-order chi connectivity index (χ0) is 14.8. The quantitative estimate of drug-likeness (QED) is 0.468. The number of carbonyl (C=O) groups excluding carboxylic acids is 1. The Morgan fingerprint density at radius 3 is 2.29 bits per heavy atom. The molecule has 0 aromatic heterocycles. The highest BCUT2D eigenvalue weighted by molar-refractivity contribution is 5.92. The molecule has 3 rings (SSSR count). The lowest BCUT2D eigenvalue weighted by Gasteiger charge is -2.18. The molecule has 1 heterocycles. The van der Waals surface area contributed by atoms with Crippen molar-refractivity contribution in [2.45, 2.75) is 12.0 Å². The summed E-state index contributed by atoms with van der Waals surface area (Å²) in [6, 6.07) is 16.9. The molecule has 0 amide bonds. The maximum atomic E-state index is 11.9. The third-order valence-electron chi connectivity index (χ3n) is 3.68. The Balaban J connectivity index is 2.01. The fourth-order valence-electron chi connectivity index (χ4n) is 2.60. The lowest BCUT2D eigenvalue weighted by atomic mass is 9.86. The maximum Gasteiger partial charge on any atom is 0.334 e. The highest BCUT2D eigenvalue weighted by Gasteiger charge is 2.40. The Morgan fingerprint density at radius 1 is 1.00 bits per heavy atom. The van der Waals surface area contributed by atoms with Crippen LogP contribution in [0.5, 0.6) is 0 Å². The molecule has 0 radical (unpaired) electrons. The summed E-state index contributed by atoms with van der Waals surface area (Å²) in [4.78, 5) is 15.3. The summed E-state index contributed by atoms with van der Waals surface area (Å²) in [5, 5.41) is 0. The molecule has 3 heteroatoms. The fourth-order valence-corrected chi connectivity index (χ4v) is 2.60. The van der Waals surface area contributed by atoms with E-state index in [2.05, 4.69) is 11.4 Å². The van der Waals surface area contributed by atoms with Gasteiger partial charge in [0.1, 0.15) is 6.10 Å². The average Bonchev–Trinajstić information content (AvgIpc) is 2.84. The normalized spacial score (nSPS) is 20.9. The predicted octanol–water partition coefficient (Wildman–Crippen LogP) is 4.18. The van der Waals surface area contributed by atoms with Crippen molar-refractivity contribution in [3.63, 3.8) is 0 Å².